The summed E-state index contributed by atoms with van der Waals surface area (Å²) < 4.78 is 46.7. The minimum absolute atomic E-state index is 0.0773. The van der Waals surface area contributed by atoms with E-state index in [2.05, 4.69) is 10.3 Å². The van der Waals surface area contributed by atoms with Gasteiger partial charge in [0, 0.05) is 29.4 Å². The number of nitrogens with one attached hydrogen (secondary N) is 1. The number of hydrogen-bond acceptors (Lipinski definition) is 4. The van der Waals surface area contributed by atoms with Crippen molar-refractivity contribution in [3.63, 3.8) is 0 Å². The number of aromatic nitrogens is 1. The van der Waals surface area contributed by atoms with Crippen LogP contribution in [0.1, 0.15) is 22.3 Å². The molecule has 0 bridgehead atoms. The van der Waals surface area contributed by atoms with Crippen molar-refractivity contribution in [2.75, 3.05) is 12.4 Å². The molecular weight excluding hydrogens is 489 g/mol. The van der Waals surface area contributed by atoms with Crippen molar-refractivity contribution in [1.29, 1.82) is 0 Å². The minimum atomic E-state index is -4.52. The zero-order chi connectivity index (χ0) is 26.7. The van der Waals surface area contributed by atoms with Gasteiger partial charge in [-0.15, -0.1) is 0 Å². The van der Waals surface area contributed by atoms with Gasteiger partial charge in [0.05, 0.1) is 18.2 Å². The van der Waals surface area contributed by atoms with Gasteiger partial charge in [-0.3, -0.25) is 4.98 Å². The second-order valence-corrected chi connectivity index (χ2v) is 8.95. The molecule has 0 aliphatic carbocycles. The van der Waals surface area contributed by atoms with Crippen LogP contribution in [0.25, 0.3) is 22.0 Å². The summed E-state index contributed by atoms with van der Waals surface area (Å²) in [7, 11) is 1.56. The zero-order valence-electron chi connectivity index (χ0n) is 20.6. The van der Waals surface area contributed by atoms with Gasteiger partial charge in [-0.1, -0.05) is 54.6 Å². The highest BCUT2D eigenvalue weighted by Crippen LogP contribution is 2.39. The van der Waals surface area contributed by atoms with Crippen molar-refractivity contribution in [2.24, 2.45) is 0 Å². The van der Waals surface area contributed by atoms with Gasteiger partial charge in [0.1, 0.15) is 11.5 Å². The normalized spacial score (nSPS) is 11.5. The van der Waals surface area contributed by atoms with Crippen LogP contribution in [0.15, 0.2) is 97.2 Å². The number of pyridine rings is 1. The molecule has 4 aromatic carbocycles. The van der Waals surface area contributed by atoms with Gasteiger partial charge in [-0.2, -0.15) is 13.2 Å². The maximum Gasteiger partial charge on any atom is 0.418 e. The molecule has 4 nitrogen and oxygen atoms in total. The number of rotatable bonds is 7. The summed E-state index contributed by atoms with van der Waals surface area (Å²) in [5.74, 6) is 0.766. The van der Waals surface area contributed by atoms with Gasteiger partial charge in [-0.05, 0) is 65.1 Å². The fraction of sp³-hybridized carbons (Fsp3) is 0.129. The predicted molar refractivity (Wildman–Crippen MR) is 143 cm³/mol. The molecule has 0 radical (unpaired) electrons. The number of phenols is 1. The maximum absolute atomic E-state index is 13.8. The molecule has 0 aliphatic rings. The molecule has 38 heavy (non-hydrogen) atoms. The minimum Gasteiger partial charge on any atom is -0.508 e. The van der Waals surface area contributed by atoms with Crippen molar-refractivity contribution in [2.45, 2.75) is 19.1 Å². The SMILES string of the molecule is COc1ccc(O)c(CNc2cccc(-c3c(Cc4ccccc4)cnc4c(C(F)(F)F)cccc34)c2)c1. The molecule has 1 heterocycles. The van der Waals surface area contributed by atoms with Gasteiger partial charge in [0.2, 0.25) is 0 Å². The molecule has 1 aromatic heterocycles. The summed E-state index contributed by atoms with van der Waals surface area (Å²) in [5, 5.41) is 14.0. The van der Waals surface area contributed by atoms with Crippen molar-refractivity contribution in [1.82, 2.24) is 4.98 Å². The number of benzene rings is 4. The molecule has 7 heteroatoms. The molecule has 0 fully saturated rings. The Morgan fingerprint density at radius 2 is 1.66 bits per heavy atom. The maximum atomic E-state index is 13.8. The summed E-state index contributed by atoms with van der Waals surface area (Å²) in [6.45, 7) is 0.332. The number of methoxy groups -OCH3 is 1. The fourth-order valence-corrected chi connectivity index (χ4v) is 4.60. The number of aromatic hydroxyl groups is 1. The monoisotopic (exact) mass is 514 g/mol. The molecule has 0 amide bonds. The Hall–Kier alpha value is -4.52. The topological polar surface area (TPSA) is 54.4 Å². The first kappa shape index (κ1) is 25.1. The first-order valence-corrected chi connectivity index (χ1v) is 12.1. The summed E-state index contributed by atoms with van der Waals surface area (Å²) in [6, 6.07) is 26.5. The number of halogens is 3. The van der Waals surface area contributed by atoms with Crippen molar-refractivity contribution >= 4 is 16.6 Å². The van der Waals surface area contributed by atoms with Gasteiger partial charge in [-0.25, -0.2) is 0 Å². The number of alkyl halides is 3. The number of ether oxygens (including phenoxy) is 1. The third-order valence-electron chi connectivity index (χ3n) is 6.44. The van der Waals surface area contributed by atoms with E-state index in [0.717, 1.165) is 28.4 Å². The third kappa shape index (κ3) is 5.27. The Kier molecular flexibility index (Phi) is 6.92. The lowest BCUT2D eigenvalue weighted by Crippen LogP contribution is -2.07. The van der Waals surface area contributed by atoms with E-state index in [9.17, 15) is 18.3 Å². The van der Waals surface area contributed by atoms with Crippen molar-refractivity contribution in [3.8, 4) is 22.6 Å². The average Bonchev–Trinajstić information content (AvgIpc) is 2.92. The van der Waals surface area contributed by atoms with Crippen molar-refractivity contribution in [3.05, 3.63) is 119 Å². The lowest BCUT2D eigenvalue weighted by Gasteiger charge is -2.17. The molecule has 0 atom stereocenters. The molecular formula is C31H25F3N2O2. The lowest BCUT2D eigenvalue weighted by atomic mass is 9.91. The molecule has 0 saturated carbocycles. The molecule has 5 aromatic rings. The first-order chi connectivity index (χ1) is 18.3. The van der Waals surface area contributed by atoms with Crippen LogP contribution in [0.2, 0.25) is 0 Å². The lowest BCUT2D eigenvalue weighted by molar-refractivity contribution is -0.136. The van der Waals surface area contributed by atoms with Crippen LogP contribution in [0.5, 0.6) is 11.5 Å². The largest absolute Gasteiger partial charge is 0.508 e. The smallest absolute Gasteiger partial charge is 0.418 e. The second-order valence-electron chi connectivity index (χ2n) is 8.95. The number of hydrogen-bond donors (Lipinski definition) is 2. The van der Waals surface area contributed by atoms with Crippen LogP contribution < -0.4 is 10.1 Å². The number of anilines is 1. The molecule has 0 aliphatic heterocycles. The van der Waals surface area contributed by atoms with E-state index < -0.39 is 11.7 Å². The van der Waals surface area contributed by atoms with Crippen LogP contribution in [0, 0.1) is 0 Å². The summed E-state index contributed by atoms with van der Waals surface area (Å²) >= 11 is 0. The zero-order valence-corrected chi connectivity index (χ0v) is 20.6. The first-order valence-electron chi connectivity index (χ1n) is 12.1. The van der Waals surface area contributed by atoms with Crippen LogP contribution in [-0.2, 0) is 19.1 Å². The molecule has 2 N–H and O–H groups in total. The summed E-state index contributed by atoms with van der Waals surface area (Å²) in [6.07, 6.45) is -2.45. The number of para-hydroxylation sites is 1. The number of fused-ring (bicyclic) bond motifs is 1. The van der Waals surface area contributed by atoms with E-state index in [4.69, 9.17) is 4.74 Å². The van der Waals surface area contributed by atoms with Gasteiger partial charge < -0.3 is 15.2 Å². The molecule has 5 rings (SSSR count). The number of phenolic OH excluding ortho intramolecular Hbond substituents is 1. The number of nitrogens with zero attached hydrogens (tertiary/aromatic N) is 1. The van der Waals surface area contributed by atoms with E-state index in [1.165, 1.54) is 6.07 Å². The Morgan fingerprint density at radius 3 is 2.42 bits per heavy atom. The second kappa shape index (κ2) is 10.5. The summed E-state index contributed by atoms with van der Waals surface area (Å²) in [4.78, 5) is 4.28. The van der Waals surface area contributed by atoms with Crippen molar-refractivity contribution < 1.29 is 23.0 Å². The Balaban J connectivity index is 1.59. The highest BCUT2D eigenvalue weighted by atomic mass is 19.4. The molecule has 0 saturated heterocycles. The van der Waals surface area contributed by atoms with Gasteiger partial charge in [0.15, 0.2) is 0 Å². The highest BCUT2D eigenvalue weighted by molar-refractivity contribution is 5.98. The fourth-order valence-electron chi connectivity index (χ4n) is 4.60. The van der Waals surface area contributed by atoms with E-state index in [1.54, 1.807) is 37.6 Å². The van der Waals surface area contributed by atoms with Crippen LogP contribution in [0.4, 0.5) is 18.9 Å². The van der Waals surface area contributed by atoms with E-state index in [1.807, 2.05) is 54.6 Å². The molecule has 0 spiro atoms. The van der Waals surface area contributed by atoms with Crippen LogP contribution in [-0.4, -0.2) is 17.2 Å². The quantitative estimate of drug-likeness (QED) is 0.232. The highest BCUT2D eigenvalue weighted by Gasteiger charge is 2.33. The van der Waals surface area contributed by atoms with Gasteiger partial charge >= 0.3 is 6.18 Å². The standard InChI is InChI=1S/C31H25F3N2O2/c1-38-25-13-14-28(37)22(17-25)18-35-24-10-5-9-21(16-24)29-23(15-20-7-3-2-4-8-20)19-36-30-26(29)11-6-12-27(30)31(32,33)34/h2-14,16-17,19,35,37H,15,18H2,1H3. The molecule has 192 valence electrons. The Labute approximate surface area is 218 Å². The van der Waals surface area contributed by atoms with Gasteiger partial charge in [0.25, 0.3) is 0 Å². The van der Waals surface area contributed by atoms with Crippen LogP contribution >= 0.6 is 0 Å². The van der Waals surface area contributed by atoms with E-state index in [0.29, 0.717) is 35.2 Å². The summed E-state index contributed by atoms with van der Waals surface area (Å²) in [5.41, 5.74) is 3.91. The van der Waals surface area contributed by atoms with E-state index >= 15 is 0 Å². The molecule has 0 unspecified atom stereocenters. The van der Waals surface area contributed by atoms with Crippen LogP contribution in [0.3, 0.4) is 0 Å². The van der Waals surface area contributed by atoms with E-state index in [-0.39, 0.29) is 11.3 Å². The Bertz CT molecular complexity index is 1580. The third-order valence-corrected chi connectivity index (χ3v) is 6.44. The predicted octanol–water partition coefficient (Wildman–Crippen LogP) is 7.84. The average molecular weight is 515 g/mol. The Morgan fingerprint density at radius 1 is 0.868 bits per heavy atom.